The maximum Gasteiger partial charge on any atom is 0.303 e. The molecule has 0 spiro atoms. The number of aliphatic carboxylic acids is 1. The molecule has 0 unspecified atom stereocenters. The molecule has 110 valence electrons. The van der Waals surface area contributed by atoms with E-state index in [1.807, 2.05) is 12.1 Å². The van der Waals surface area contributed by atoms with Crippen LogP contribution in [0, 0.1) is 0 Å². The number of carboxylic acids is 1. The monoisotopic (exact) mass is 281 g/mol. The maximum absolute atomic E-state index is 11.8. The molecule has 1 aromatic rings. The molecule has 0 fully saturated rings. The first-order chi connectivity index (χ1) is 9.49. The first-order valence-corrected chi connectivity index (χ1v) is 6.15. The lowest BCUT2D eigenvalue weighted by molar-refractivity contribution is -0.140. The molecule has 0 heterocycles. The Morgan fingerprint density at radius 3 is 2.45 bits per heavy atom. The number of hydrogen-bond donors (Lipinski definition) is 1. The molecule has 1 aromatic carbocycles. The summed E-state index contributed by atoms with van der Waals surface area (Å²) in [5.41, 5.74) is 0.804. The highest BCUT2D eigenvalue weighted by atomic mass is 16.5. The van der Waals surface area contributed by atoms with Gasteiger partial charge < -0.3 is 19.5 Å². The zero-order valence-electron chi connectivity index (χ0n) is 11.9. The van der Waals surface area contributed by atoms with E-state index in [1.54, 1.807) is 20.2 Å². The Kier molecular flexibility index (Phi) is 5.83. The van der Waals surface area contributed by atoms with E-state index in [9.17, 15) is 9.59 Å². The number of benzene rings is 1. The largest absolute Gasteiger partial charge is 0.493 e. The van der Waals surface area contributed by atoms with Gasteiger partial charge in [0.1, 0.15) is 0 Å². The van der Waals surface area contributed by atoms with Gasteiger partial charge in [0, 0.05) is 25.6 Å². The first-order valence-electron chi connectivity index (χ1n) is 6.15. The fourth-order valence-corrected chi connectivity index (χ4v) is 1.83. The van der Waals surface area contributed by atoms with Gasteiger partial charge in [-0.2, -0.15) is 0 Å². The quantitative estimate of drug-likeness (QED) is 0.820. The van der Waals surface area contributed by atoms with E-state index in [0.717, 1.165) is 5.56 Å². The molecule has 0 aromatic heterocycles. The molecule has 6 nitrogen and oxygen atoms in total. The van der Waals surface area contributed by atoms with E-state index in [1.165, 1.54) is 12.0 Å². The van der Waals surface area contributed by atoms with Crippen molar-refractivity contribution in [1.29, 1.82) is 0 Å². The summed E-state index contributed by atoms with van der Waals surface area (Å²) < 4.78 is 10.5. The van der Waals surface area contributed by atoms with Crippen LogP contribution in [0.3, 0.4) is 0 Å². The highest BCUT2D eigenvalue weighted by Gasteiger charge is 2.15. The SMILES string of the molecule is COc1cccc(CN(C)C(=O)CCC(=O)O)c1OC. The highest BCUT2D eigenvalue weighted by Crippen LogP contribution is 2.31. The van der Waals surface area contributed by atoms with Crippen LogP contribution in [0.15, 0.2) is 18.2 Å². The van der Waals surface area contributed by atoms with Gasteiger partial charge in [-0.25, -0.2) is 0 Å². The third kappa shape index (κ3) is 4.15. The summed E-state index contributed by atoms with van der Waals surface area (Å²) in [4.78, 5) is 23.7. The number of carbonyl (C=O) groups is 2. The van der Waals surface area contributed by atoms with Gasteiger partial charge in [0.05, 0.1) is 20.6 Å². The minimum Gasteiger partial charge on any atom is -0.493 e. The lowest BCUT2D eigenvalue weighted by atomic mass is 10.1. The van der Waals surface area contributed by atoms with E-state index in [-0.39, 0.29) is 18.7 Å². The average molecular weight is 281 g/mol. The molecular weight excluding hydrogens is 262 g/mol. The van der Waals surface area contributed by atoms with E-state index >= 15 is 0 Å². The number of ether oxygens (including phenoxy) is 2. The number of carboxylic acid groups (broad SMARTS) is 1. The van der Waals surface area contributed by atoms with Gasteiger partial charge in [0.2, 0.25) is 5.91 Å². The molecule has 0 aliphatic rings. The van der Waals surface area contributed by atoms with Gasteiger partial charge in [-0.15, -0.1) is 0 Å². The van der Waals surface area contributed by atoms with Crippen molar-refractivity contribution in [2.75, 3.05) is 21.3 Å². The standard InChI is InChI=1S/C14H19NO5/c1-15(12(16)7-8-13(17)18)9-10-5-4-6-11(19-2)14(10)20-3/h4-6H,7-9H2,1-3H3,(H,17,18). The molecule has 6 heteroatoms. The molecule has 20 heavy (non-hydrogen) atoms. The maximum atomic E-state index is 11.8. The van der Waals surface area contributed by atoms with Gasteiger partial charge in [0.15, 0.2) is 11.5 Å². The minimum atomic E-state index is -0.981. The molecule has 0 aliphatic carbocycles. The first kappa shape index (κ1) is 15.8. The Balaban J connectivity index is 2.77. The number of hydrogen-bond acceptors (Lipinski definition) is 4. The van der Waals surface area contributed by atoms with Crippen LogP contribution in [0.4, 0.5) is 0 Å². The van der Waals surface area contributed by atoms with Crippen molar-refractivity contribution in [3.05, 3.63) is 23.8 Å². The smallest absolute Gasteiger partial charge is 0.303 e. The average Bonchev–Trinajstić information content (AvgIpc) is 2.44. The van der Waals surface area contributed by atoms with Crippen molar-refractivity contribution in [1.82, 2.24) is 4.90 Å². The Hall–Kier alpha value is -2.24. The second kappa shape index (κ2) is 7.37. The molecule has 0 saturated carbocycles. The van der Waals surface area contributed by atoms with Gasteiger partial charge in [0.25, 0.3) is 0 Å². The summed E-state index contributed by atoms with van der Waals surface area (Å²) in [6, 6.07) is 5.42. The third-order valence-electron chi connectivity index (χ3n) is 2.87. The van der Waals surface area contributed by atoms with Crippen LogP contribution in [0.25, 0.3) is 0 Å². The van der Waals surface area contributed by atoms with Gasteiger partial charge >= 0.3 is 5.97 Å². The summed E-state index contributed by atoms with van der Waals surface area (Å²) >= 11 is 0. The van der Waals surface area contributed by atoms with Gasteiger partial charge in [-0.1, -0.05) is 12.1 Å². The summed E-state index contributed by atoms with van der Waals surface area (Å²) in [5, 5.41) is 8.58. The van der Waals surface area contributed by atoms with Crippen LogP contribution in [0.1, 0.15) is 18.4 Å². The van der Waals surface area contributed by atoms with Crippen LogP contribution in [0.2, 0.25) is 0 Å². The number of carbonyl (C=O) groups excluding carboxylic acids is 1. The number of rotatable bonds is 7. The molecule has 0 bridgehead atoms. The predicted octanol–water partition coefficient (Wildman–Crippen LogP) is 1.53. The molecule has 0 saturated heterocycles. The Morgan fingerprint density at radius 2 is 1.90 bits per heavy atom. The lowest BCUT2D eigenvalue weighted by Gasteiger charge is -2.19. The van der Waals surface area contributed by atoms with Crippen LogP contribution in [0.5, 0.6) is 11.5 Å². The minimum absolute atomic E-state index is 0.0158. The van der Waals surface area contributed by atoms with Crippen molar-refractivity contribution < 1.29 is 24.2 Å². The van der Waals surface area contributed by atoms with E-state index in [4.69, 9.17) is 14.6 Å². The molecule has 1 amide bonds. The molecule has 0 aliphatic heterocycles. The van der Waals surface area contributed by atoms with Crippen molar-refractivity contribution in [2.45, 2.75) is 19.4 Å². The van der Waals surface area contributed by atoms with E-state index in [0.29, 0.717) is 18.0 Å². The summed E-state index contributed by atoms with van der Waals surface area (Å²) in [5.74, 6) is -0.0350. The summed E-state index contributed by atoms with van der Waals surface area (Å²) in [6.07, 6.45) is -0.184. The Labute approximate surface area is 117 Å². The van der Waals surface area contributed by atoms with Crippen molar-refractivity contribution in [2.24, 2.45) is 0 Å². The van der Waals surface area contributed by atoms with Gasteiger partial charge in [-0.3, -0.25) is 9.59 Å². The highest BCUT2D eigenvalue weighted by molar-refractivity contribution is 5.80. The third-order valence-corrected chi connectivity index (χ3v) is 2.87. The number of amides is 1. The normalized spacial score (nSPS) is 9.95. The van der Waals surface area contributed by atoms with Crippen LogP contribution >= 0.6 is 0 Å². The second-order valence-corrected chi connectivity index (χ2v) is 4.30. The van der Waals surface area contributed by atoms with Gasteiger partial charge in [-0.05, 0) is 6.07 Å². The second-order valence-electron chi connectivity index (χ2n) is 4.30. The molecule has 0 atom stereocenters. The topological polar surface area (TPSA) is 76.1 Å². The number of para-hydroxylation sites is 1. The van der Waals surface area contributed by atoms with Crippen molar-refractivity contribution in [3.63, 3.8) is 0 Å². The zero-order valence-corrected chi connectivity index (χ0v) is 11.9. The van der Waals surface area contributed by atoms with Crippen molar-refractivity contribution in [3.8, 4) is 11.5 Å². The predicted molar refractivity (Wildman–Crippen MR) is 72.9 cm³/mol. The fraction of sp³-hybridized carbons (Fsp3) is 0.429. The number of methoxy groups -OCH3 is 2. The fourth-order valence-electron chi connectivity index (χ4n) is 1.83. The number of nitrogens with zero attached hydrogens (tertiary/aromatic N) is 1. The summed E-state index contributed by atoms with van der Waals surface area (Å²) in [7, 11) is 4.71. The Bertz CT molecular complexity index is 486. The summed E-state index contributed by atoms with van der Waals surface area (Å²) in [6.45, 7) is 0.332. The molecule has 1 rings (SSSR count). The molecule has 0 radical (unpaired) electrons. The zero-order chi connectivity index (χ0) is 15.1. The van der Waals surface area contributed by atoms with Crippen molar-refractivity contribution >= 4 is 11.9 Å². The Morgan fingerprint density at radius 1 is 1.20 bits per heavy atom. The molecule has 1 N–H and O–H groups in total. The van der Waals surface area contributed by atoms with Crippen LogP contribution in [-0.4, -0.2) is 43.2 Å². The van der Waals surface area contributed by atoms with E-state index in [2.05, 4.69) is 0 Å². The van der Waals surface area contributed by atoms with Crippen LogP contribution in [-0.2, 0) is 16.1 Å². The van der Waals surface area contributed by atoms with E-state index < -0.39 is 5.97 Å². The van der Waals surface area contributed by atoms with Crippen LogP contribution < -0.4 is 9.47 Å². The molecular formula is C14H19NO5. The lowest BCUT2D eigenvalue weighted by Crippen LogP contribution is -2.26.